The Kier molecular flexibility index (Phi) is 7.25. The lowest BCUT2D eigenvalue weighted by atomic mass is 10.2. The Morgan fingerprint density at radius 1 is 1.08 bits per heavy atom. The van der Waals surface area contributed by atoms with Crippen LogP contribution in [-0.4, -0.2) is 30.3 Å². The SMILES string of the molecule is CCCCOc1ccc(Oc2ccc(NC(=O)[C@@H](N)CO)cc2)cc1. The summed E-state index contributed by atoms with van der Waals surface area (Å²) in [5.41, 5.74) is 6.03. The number of carbonyl (C=O) groups excluding carboxylic acids is 1. The molecule has 1 amide bonds. The van der Waals surface area contributed by atoms with Gasteiger partial charge in [-0.1, -0.05) is 13.3 Å². The molecule has 0 aliphatic rings. The maximum Gasteiger partial charge on any atom is 0.243 e. The lowest BCUT2D eigenvalue weighted by Crippen LogP contribution is -2.38. The molecule has 0 aliphatic heterocycles. The van der Waals surface area contributed by atoms with E-state index in [9.17, 15) is 4.79 Å². The predicted octanol–water partition coefficient (Wildman–Crippen LogP) is 2.92. The average molecular weight is 344 g/mol. The molecule has 6 nitrogen and oxygen atoms in total. The lowest BCUT2D eigenvalue weighted by Gasteiger charge is -2.11. The molecule has 0 aromatic heterocycles. The highest BCUT2D eigenvalue weighted by Crippen LogP contribution is 2.25. The third kappa shape index (κ3) is 6.10. The standard InChI is InChI=1S/C19H24N2O4/c1-2-3-12-24-15-8-10-17(11-9-15)25-16-6-4-14(5-7-16)21-19(23)18(20)13-22/h4-11,18,22H,2-3,12-13,20H2,1H3,(H,21,23)/t18-/m0/s1. The van der Waals surface area contributed by atoms with E-state index in [0.717, 1.165) is 18.6 Å². The van der Waals surface area contributed by atoms with Gasteiger partial charge < -0.3 is 25.6 Å². The van der Waals surface area contributed by atoms with Crippen molar-refractivity contribution in [2.24, 2.45) is 5.73 Å². The summed E-state index contributed by atoms with van der Waals surface area (Å²) in [7, 11) is 0. The van der Waals surface area contributed by atoms with Crippen molar-refractivity contribution in [2.75, 3.05) is 18.5 Å². The molecule has 0 unspecified atom stereocenters. The van der Waals surface area contributed by atoms with E-state index >= 15 is 0 Å². The van der Waals surface area contributed by atoms with E-state index in [0.29, 0.717) is 23.8 Å². The van der Waals surface area contributed by atoms with Gasteiger partial charge in [-0.3, -0.25) is 4.79 Å². The van der Waals surface area contributed by atoms with Crippen LogP contribution in [0.2, 0.25) is 0 Å². The summed E-state index contributed by atoms with van der Waals surface area (Å²) in [4.78, 5) is 11.6. The fourth-order valence-electron chi connectivity index (χ4n) is 2.00. The van der Waals surface area contributed by atoms with Gasteiger partial charge in [-0.15, -0.1) is 0 Å². The van der Waals surface area contributed by atoms with E-state index in [2.05, 4.69) is 12.2 Å². The van der Waals surface area contributed by atoms with Crippen molar-refractivity contribution in [2.45, 2.75) is 25.8 Å². The molecule has 0 saturated carbocycles. The second-order valence-electron chi connectivity index (χ2n) is 5.58. The van der Waals surface area contributed by atoms with Gasteiger partial charge in [0, 0.05) is 5.69 Å². The van der Waals surface area contributed by atoms with Crippen LogP contribution in [-0.2, 0) is 4.79 Å². The molecular weight excluding hydrogens is 320 g/mol. The first kappa shape index (κ1) is 18.8. The van der Waals surface area contributed by atoms with Gasteiger partial charge in [0.25, 0.3) is 0 Å². The number of carbonyl (C=O) groups is 1. The van der Waals surface area contributed by atoms with Gasteiger partial charge in [-0.05, 0) is 55.0 Å². The topological polar surface area (TPSA) is 93.8 Å². The number of ether oxygens (including phenoxy) is 2. The van der Waals surface area contributed by atoms with Crippen LogP contribution < -0.4 is 20.5 Å². The van der Waals surface area contributed by atoms with E-state index in [1.54, 1.807) is 24.3 Å². The lowest BCUT2D eigenvalue weighted by molar-refractivity contribution is -0.118. The second-order valence-corrected chi connectivity index (χ2v) is 5.58. The highest BCUT2D eigenvalue weighted by atomic mass is 16.5. The molecule has 134 valence electrons. The number of nitrogens with one attached hydrogen (secondary N) is 1. The van der Waals surface area contributed by atoms with Crippen molar-refractivity contribution >= 4 is 11.6 Å². The Morgan fingerprint density at radius 3 is 2.20 bits per heavy atom. The smallest absolute Gasteiger partial charge is 0.243 e. The summed E-state index contributed by atoms with van der Waals surface area (Å²) in [5.74, 6) is 1.72. The zero-order chi connectivity index (χ0) is 18.1. The molecule has 0 bridgehead atoms. The van der Waals surface area contributed by atoms with Crippen LogP contribution in [0, 0.1) is 0 Å². The summed E-state index contributed by atoms with van der Waals surface area (Å²) in [6.45, 7) is 2.44. The van der Waals surface area contributed by atoms with Crippen molar-refractivity contribution in [1.29, 1.82) is 0 Å². The number of aliphatic hydroxyl groups excluding tert-OH is 1. The summed E-state index contributed by atoms with van der Waals surface area (Å²) in [5, 5.41) is 11.5. The first-order valence-electron chi connectivity index (χ1n) is 8.30. The van der Waals surface area contributed by atoms with Crippen LogP contribution >= 0.6 is 0 Å². The third-order valence-corrected chi connectivity index (χ3v) is 3.48. The molecule has 0 radical (unpaired) electrons. The van der Waals surface area contributed by atoms with Crippen LogP contribution in [0.5, 0.6) is 17.2 Å². The molecule has 2 rings (SSSR count). The van der Waals surface area contributed by atoms with Gasteiger partial charge >= 0.3 is 0 Å². The number of rotatable bonds is 9. The van der Waals surface area contributed by atoms with Crippen molar-refractivity contribution in [3.05, 3.63) is 48.5 Å². The normalized spacial score (nSPS) is 11.6. The minimum atomic E-state index is -0.936. The zero-order valence-electron chi connectivity index (χ0n) is 14.3. The van der Waals surface area contributed by atoms with E-state index in [1.807, 2.05) is 24.3 Å². The molecule has 0 heterocycles. The van der Waals surface area contributed by atoms with Crippen LogP contribution in [0.25, 0.3) is 0 Å². The Morgan fingerprint density at radius 2 is 1.64 bits per heavy atom. The van der Waals surface area contributed by atoms with Crippen molar-refractivity contribution in [3.63, 3.8) is 0 Å². The number of hydrogen-bond donors (Lipinski definition) is 3. The first-order valence-corrected chi connectivity index (χ1v) is 8.30. The third-order valence-electron chi connectivity index (χ3n) is 3.48. The number of benzene rings is 2. The number of aliphatic hydroxyl groups is 1. The Balaban J connectivity index is 1.89. The minimum Gasteiger partial charge on any atom is -0.494 e. The number of unbranched alkanes of at least 4 members (excludes halogenated alkanes) is 1. The summed E-state index contributed by atoms with van der Waals surface area (Å²) in [6, 6.07) is 13.4. The molecule has 0 spiro atoms. The molecule has 0 saturated heterocycles. The van der Waals surface area contributed by atoms with Crippen LogP contribution in [0.4, 0.5) is 5.69 Å². The van der Waals surface area contributed by atoms with Gasteiger partial charge in [0.05, 0.1) is 13.2 Å². The van der Waals surface area contributed by atoms with E-state index in [1.165, 1.54) is 0 Å². The highest BCUT2D eigenvalue weighted by Gasteiger charge is 2.11. The van der Waals surface area contributed by atoms with Crippen molar-refractivity contribution in [1.82, 2.24) is 0 Å². The number of hydrogen-bond acceptors (Lipinski definition) is 5. The van der Waals surface area contributed by atoms with E-state index < -0.39 is 18.6 Å². The molecule has 6 heteroatoms. The summed E-state index contributed by atoms with van der Waals surface area (Å²) >= 11 is 0. The van der Waals surface area contributed by atoms with Crippen molar-refractivity contribution in [3.8, 4) is 17.2 Å². The highest BCUT2D eigenvalue weighted by molar-refractivity contribution is 5.94. The summed E-state index contributed by atoms with van der Waals surface area (Å²) < 4.78 is 11.4. The maximum absolute atomic E-state index is 11.6. The predicted molar refractivity (Wildman–Crippen MR) is 97.1 cm³/mol. The van der Waals surface area contributed by atoms with Gasteiger partial charge in [0.2, 0.25) is 5.91 Å². The van der Waals surface area contributed by atoms with Gasteiger partial charge in [-0.25, -0.2) is 0 Å². The van der Waals surface area contributed by atoms with Gasteiger partial charge in [0.15, 0.2) is 0 Å². The fourth-order valence-corrected chi connectivity index (χ4v) is 2.00. The monoisotopic (exact) mass is 344 g/mol. The molecule has 0 fully saturated rings. The summed E-state index contributed by atoms with van der Waals surface area (Å²) in [6.07, 6.45) is 2.13. The quantitative estimate of drug-likeness (QED) is 0.608. The number of anilines is 1. The molecule has 4 N–H and O–H groups in total. The van der Waals surface area contributed by atoms with Crippen LogP contribution in [0.1, 0.15) is 19.8 Å². The molecule has 0 aliphatic carbocycles. The van der Waals surface area contributed by atoms with Crippen molar-refractivity contribution < 1.29 is 19.4 Å². The molecule has 2 aromatic carbocycles. The minimum absolute atomic E-state index is 0.398. The number of nitrogens with two attached hydrogens (primary N) is 1. The Bertz CT molecular complexity index is 656. The molecular formula is C19H24N2O4. The molecule has 25 heavy (non-hydrogen) atoms. The number of amides is 1. The van der Waals surface area contributed by atoms with E-state index in [-0.39, 0.29) is 0 Å². The Labute approximate surface area is 147 Å². The fraction of sp³-hybridized carbons (Fsp3) is 0.316. The largest absolute Gasteiger partial charge is 0.494 e. The van der Waals surface area contributed by atoms with Gasteiger partial charge in [-0.2, -0.15) is 0 Å². The van der Waals surface area contributed by atoms with E-state index in [4.69, 9.17) is 20.3 Å². The zero-order valence-corrected chi connectivity index (χ0v) is 14.3. The molecule has 1 atom stereocenters. The second kappa shape index (κ2) is 9.66. The van der Waals surface area contributed by atoms with Gasteiger partial charge in [0.1, 0.15) is 23.3 Å². The van der Waals surface area contributed by atoms with Crippen LogP contribution in [0.15, 0.2) is 48.5 Å². The molecule has 2 aromatic rings. The average Bonchev–Trinajstić information content (AvgIpc) is 2.64. The first-order chi connectivity index (χ1) is 12.1. The Hall–Kier alpha value is -2.57. The van der Waals surface area contributed by atoms with Crippen LogP contribution in [0.3, 0.4) is 0 Å². The maximum atomic E-state index is 11.6.